The number of hydrogen-bond donors (Lipinski definition) is 2. The summed E-state index contributed by atoms with van der Waals surface area (Å²) in [7, 11) is 0. The van der Waals surface area contributed by atoms with E-state index < -0.39 is 5.97 Å². The zero-order chi connectivity index (χ0) is 22.8. The highest BCUT2D eigenvalue weighted by Gasteiger charge is 2.35. The summed E-state index contributed by atoms with van der Waals surface area (Å²) < 4.78 is 5.92. The molecule has 0 atom stereocenters. The predicted octanol–water partition coefficient (Wildman–Crippen LogP) is 3.55. The number of ether oxygens (including phenoxy) is 1. The van der Waals surface area contributed by atoms with Crippen molar-refractivity contribution >= 4 is 17.8 Å². The predicted molar refractivity (Wildman–Crippen MR) is 121 cm³/mol. The van der Waals surface area contributed by atoms with E-state index in [1.165, 1.54) is 5.56 Å². The summed E-state index contributed by atoms with van der Waals surface area (Å²) in [6.45, 7) is 2.55. The van der Waals surface area contributed by atoms with E-state index in [-0.39, 0.29) is 30.1 Å². The molecular weight excluding hydrogens is 408 g/mol. The number of piperidine rings is 1. The smallest absolute Gasteiger partial charge is 0.303 e. The Kier molecular flexibility index (Phi) is 8.94. The van der Waals surface area contributed by atoms with Gasteiger partial charge in [0.25, 0.3) is 0 Å². The van der Waals surface area contributed by atoms with Crippen molar-refractivity contribution in [3.63, 3.8) is 0 Å². The lowest BCUT2D eigenvalue weighted by molar-refractivity contribution is -0.137. The number of amides is 2. The zero-order valence-corrected chi connectivity index (χ0v) is 18.9. The van der Waals surface area contributed by atoms with Gasteiger partial charge in [0.15, 0.2) is 0 Å². The van der Waals surface area contributed by atoms with Gasteiger partial charge >= 0.3 is 5.97 Å². The Morgan fingerprint density at radius 3 is 2.59 bits per heavy atom. The van der Waals surface area contributed by atoms with Crippen LogP contribution in [0.2, 0.25) is 0 Å². The monoisotopic (exact) mass is 444 g/mol. The maximum Gasteiger partial charge on any atom is 0.303 e. The molecule has 7 nitrogen and oxygen atoms in total. The fourth-order valence-corrected chi connectivity index (χ4v) is 4.75. The van der Waals surface area contributed by atoms with E-state index in [9.17, 15) is 14.4 Å². The van der Waals surface area contributed by atoms with Gasteiger partial charge in [0.2, 0.25) is 11.8 Å². The minimum Gasteiger partial charge on any atom is -0.493 e. The number of nitrogens with one attached hydrogen (secondary N) is 1. The van der Waals surface area contributed by atoms with Crippen LogP contribution in [-0.2, 0) is 20.8 Å². The van der Waals surface area contributed by atoms with Gasteiger partial charge in [-0.05, 0) is 62.0 Å². The van der Waals surface area contributed by atoms with Gasteiger partial charge in [-0.2, -0.15) is 0 Å². The van der Waals surface area contributed by atoms with Crippen LogP contribution in [0.3, 0.4) is 0 Å². The van der Waals surface area contributed by atoms with E-state index >= 15 is 0 Å². The number of fused-ring (bicyclic) bond motifs is 1. The number of carboxylic acids is 1. The van der Waals surface area contributed by atoms with Crippen LogP contribution in [0.1, 0.15) is 69.8 Å². The topological polar surface area (TPSA) is 95.9 Å². The molecule has 0 aromatic heterocycles. The van der Waals surface area contributed by atoms with Crippen molar-refractivity contribution in [2.24, 2.45) is 5.41 Å². The minimum absolute atomic E-state index is 0.0215. The Morgan fingerprint density at radius 1 is 1.03 bits per heavy atom. The molecule has 2 heterocycles. The maximum atomic E-state index is 12.4. The van der Waals surface area contributed by atoms with Crippen molar-refractivity contribution in [2.45, 2.75) is 70.6 Å². The number of carbonyl (C=O) groups is 3. The summed E-state index contributed by atoms with van der Waals surface area (Å²) in [5.41, 5.74) is 1.25. The van der Waals surface area contributed by atoms with E-state index in [2.05, 4.69) is 11.4 Å². The molecule has 3 rings (SSSR count). The molecule has 0 bridgehead atoms. The Balaban J connectivity index is 1.58. The Bertz CT molecular complexity index is 786. The van der Waals surface area contributed by atoms with Crippen molar-refractivity contribution in [2.75, 3.05) is 26.2 Å². The first-order valence-electron chi connectivity index (χ1n) is 11.9. The molecule has 0 aliphatic carbocycles. The third kappa shape index (κ3) is 7.24. The summed E-state index contributed by atoms with van der Waals surface area (Å²) >= 11 is 0. The van der Waals surface area contributed by atoms with E-state index in [0.717, 1.165) is 44.3 Å². The quantitative estimate of drug-likeness (QED) is 0.740. The van der Waals surface area contributed by atoms with Crippen LogP contribution in [0.15, 0.2) is 24.3 Å². The number of hydrogen-bond acceptors (Lipinski definition) is 4. The highest BCUT2D eigenvalue weighted by molar-refractivity contribution is 5.77. The number of para-hydroxylation sites is 1. The standard InChI is InChI=1S/C25H36N2O5/c28-22-10-6-18-32-21-9-2-1-7-20(21)8-3-4-13-25(19-26-22)14-16-27(17-15-25)23(29)11-5-12-24(30)31/h1-2,7,9H,3-6,8,10-19H2,(H,26,28)(H,30,31). The fourth-order valence-electron chi connectivity index (χ4n) is 4.75. The van der Waals surface area contributed by atoms with Crippen LogP contribution in [0.25, 0.3) is 0 Å². The van der Waals surface area contributed by atoms with Crippen LogP contribution >= 0.6 is 0 Å². The number of aryl methyl sites for hydroxylation is 1. The van der Waals surface area contributed by atoms with Crippen molar-refractivity contribution in [3.8, 4) is 5.75 Å². The lowest BCUT2D eigenvalue weighted by Gasteiger charge is -2.42. The molecule has 0 unspecified atom stereocenters. The normalized spacial score (nSPS) is 19.9. The van der Waals surface area contributed by atoms with Gasteiger partial charge in [0, 0.05) is 38.9 Å². The van der Waals surface area contributed by atoms with Crippen LogP contribution in [0, 0.1) is 5.41 Å². The summed E-state index contributed by atoms with van der Waals surface area (Å²) in [5, 5.41) is 11.9. The Labute approximate surface area is 190 Å². The SMILES string of the molecule is O=C(O)CCCC(=O)N1CCC2(CCCCc3ccccc3OCCCC(=O)NC2)CC1. The Hall–Kier alpha value is -2.57. The number of rotatable bonds is 4. The van der Waals surface area contributed by atoms with E-state index in [0.29, 0.717) is 45.5 Å². The first-order chi connectivity index (χ1) is 15.5. The minimum atomic E-state index is -0.861. The van der Waals surface area contributed by atoms with E-state index in [4.69, 9.17) is 9.84 Å². The number of aliphatic carboxylic acids is 1. The first kappa shape index (κ1) is 24.1. The molecule has 2 amide bonds. The van der Waals surface area contributed by atoms with Crippen molar-refractivity contribution in [1.82, 2.24) is 10.2 Å². The molecule has 1 fully saturated rings. The van der Waals surface area contributed by atoms with Crippen molar-refractivity contribution in [1.29, 1.82) is 0 Å². The van der Waals surface area contributed by atoms with Crippen molar-refractivity contribution in [3.05, 3.63) is 29.8 Å². The fraction of sp³-hybridized carbons (Fsp3) is 0.640. The van der Waals surface area contributed by atoms with Crippen LogP contribution < -0.4 is 10.1 Å². The van der Waals surface area contributed by atoms with E-state index in [1.54, 1.807) is 0 Å². The summed E-state index contributed by atoms with van der Waals surface area (Å²) in [5.74, 6) is 0.169. The zero-order valence-electron chi connectivity index (χ0n) is 18.9. The largest absolute Gasteiger partial charge is 0.493 e. The molecule has 2 N–H and O–H groups in total. The number of nitrogens with zero attached hydrogens (tertiary/aromatic N) is 1. The number of likely N-dealkylation sites (tertiary alicyclic amines) is 1. The molecule has 1 saturated heterocycles. The van der Waals surface area contributed by atoms with Crippen LogP contribution in [-0.4, -0.2) is 54.0 Å². The molecule has 0 radical (unpaired) electrons. The molecule has 0 saturated carbocycles. The molecule has 1 aromatic carbocycles. The molecule has 32 heavy (non-hydrogen) atoms. The van der Waals surface area contributed by atoms with Gasteiger partial charge in [-0.1, -0.05) is 24.6 Å². The maximum absolute atomic E-state index is 12.4. The van der Waals surface area contributed by atoms with Crippen LogP contribution in [0.4, 0.5) is 0 Å². The third-order valence-corrected chi connectivity index (χ3v) is 6.80. The second kappa shape index (κ2) is 11.9. The molecular formula is C25H36N2O5. The van der Waals surface area contributed by atoms with E-state index in [1.807, 2.05) is 23.1 Å². The summed E-state index contributed by atoms with van der Waals surface area (Å²) in [4.78, 5) is 37.4. The van der Waals surface area contributed by atoms with Gasteiger partial charge in [-0.3, -0.25) is 14.4 Å². The molecule has 1 spiro atoms. The summed E-state index contributed by atoms with van der Waals surface area (Å²) in [6.07, 6.45) is 7.72. The van der Waals surface area contributed by atoms with Gasteiger partial charge in [0.05, 0.1) is 6.61 Å². The van der Waals surface area contributed by atoms with Gasteiger partial charge < -0.3 is 20.1 Å². The molecule has 7 heteroatoms. The second-order valence-corrected chi connectivity index (χ2v) is 9.17. The van der Waals surface area contributed by atoms with Gasteiger partial charge in [-0.25, -0.2) is 0 Å². The average molecular weight is 445 g/mol. The highest BCUT2D eigenvalue weighted by atomic mass is 16.5. The average Bonchev–Trinajstić information content (AvgIpc) is 2.79. The van der Waals surface area contributed by atoms with Gasteiger partial charge in [0.1, 0.15) is 5.75 Å². The molecule has 176 valence electrons. The Morgan fingerprint density at radius 2 is 1.81 bits per heavy atom. The summed E-state index contributed by atoms with van der Waals surface area (Å²) in [6, 6.07) is 8.16. The molecule has 1 aromatic rings. The number of benzene rings is 1. The number of carbonyl (C=O) groups excluding carboxylic acids is 2. The lowest BCUT2D eigenvalue weighted by Crippen LogP contribution is -2.48. The lowest BCUT2D eigenvalue weighted by atomic mass is 9.74. The second-order valence-electron chi connectivity index (χ2n) is 9.17. The third-order valence-electron chi connectivity index (χ3n) is 6.80. The first-order valence-corrected chi connectivity index (χ1v) is 11.9. The highest BCUT2D eigenvalue weighted by Crippen LogP contribution is 2.37. The molecule has 2 aliphatic heterocycles. The van der Waals surface area contributed by atoms with Crippen LogP contribution in [0.5, 0.6) is 5.75 Å². The van der Waals surface area contributed by atoms with Gasteiger partial charge in [-0.15, -0.1) is 0 Å². The van der Waals surface area contributed by atoms with Crippen molar-refractivity contribution < 1.29 is 24.2 Å². The molecule has 2 aliphatic rings. The number of carboxylic acid groups (broad SMARTS) is 1.